The number of amides is 1. The van der Waals surface area contributed by atoms with Crippen LogP contribution in [0.3, 0.4) is 0 Å². The van der Waals surface area contributed by atoms with Crippen LogP contribution in [0, 0.1) is 0 Å². The first-order valence-electron chi connectivity index (χ1n) is 4.84. The van der Waals surface area contributed by atoms with Crippen LogP contribution in [0.1, 0.15) is 13.8 Å². The molecule has 0 aromatic heterocycles. The fourth-order valence-corrected chi connectivity index (χ4v) is 1.45. The standard InChI is InChI=1S/C10H15NO4/c1-7-6-15-8(2)5-11(7)9(12)3-4-10(13)14/h3-4,7-8H,5-6H2,1-2H3,(H,13,14)/b4-3+. The van der Waals surface area contributed by atoms with Crippen LogP contribution >= 0.6 is 0 Å². The summed E-state index contributed by atoms with van der Waals surface area (Å²) in [5.74, 6) is -1.39. The minimum Gasteiger partial charge on any atom is -0.478 e. The van der Waals surface area contributed by atoms with Crippen molar-refractivity contribution in [3.8, 4) is 0 Å². The quantitative estimate of drug-likeness (QED) is 0.668. The molecule has 0 aromatic rings. The van der Waals surface area contributed by atoms with E-state index in [0.29, 0.717) is 13.2 Å². The van der Waals surface area contributed by atoms with Gasteiger partial charge in [0.2, 0.25) is 5.91 Å². The molecule has 0 aromatic carbocycles. The van der Waals surface area contributed by atoms with Crippen molar-refractivity contribution >= 4 is 11.9 Å². The van der Waals surface area contributed by atoms with Gasteiger partial charge in [-0.05, 0) is 13.8 Å². The molecule has 0 radical (unpaired) electrons. The maximum atomic E-state index is 11.6. The highest BCUT2D eigenvalue weighted by molar-refractivity contribution is 5.94. The highest BCUT2D eigenvalue weighted by Crippen LogP contribution is 2.11. The third-order valence-corrected chi connectivity index (χ3v) is 2.26. The van der Waals surface area contributed by atoms with Crippen LogP contribution in [0.2, 0.25) is 0 Å². The predicted molar refractivity (Wildman–Crippen MR) is 53.4 cm³/mol. The van der Waals surface area contributed by atoms with E-state index in [1.54, 1.807) is 4.90 Å². The highest BCUT2D eigenvalue weighted by atomic mass is 16.5. The number of carbonyl (C=O) groups is 2. The van der Waals surface area contributed by atoms with Crippen LogP contribution in [0.4, 0.5) is 0 Å². The van der Waals surface area contributed by atoms with E-state index in [1.807, 2.05) is 13.8 Å². The number of carboxylic acid groups (broad SMARTS) is 1. The Balaban J connectivity index is 2.60. The Labute approximate surface area is 88.3 Å². The van der Waals surface area contributed by atoms with E-state index in [2.05, 4.69) is 0 Å². The first-order chi connectivity index (χ1) is 7.00. The molecular weight excluding hydrogens is 198 g/mol. The van der Waals surface area contributed by atoms with Crippen molar-refractivity contribution in [1.82, 2.24) is 4.90 Å². The number of carboxylic acids is 1. The third kappa shape index (κ3) is 3.36. The summed E-state index contributed by atoms with van der Waals surface area (Å²) in [5, 5.41) is 8.40. The molecule has 5 nitrogen and oxygen atoms in total. The van der Waals surface area contributed by atoms with E-state index in [1.165, 1.54) is 0 Å². The van der Waals surface area contributed by atoms with Gasteiger partial charge in [-0.25, -0.2) is 4.79 Å². The fourth-order valence-electron chi connectivity index (χ4n) is 1.45. The summed E-state index contributed by atoms with van der Waals surface area (Å²) in [4.78, 5) is 23.4. The number of hydrogen-bond acceptors (Lipinski definition) is 3. The monoisotopic (exact) mass is 213 g/mol. The smallest absolute Gasteiger partial charge is 0.328 e. The van der Waals surface area contributed by atoms with Crippen LogP contribution in [-0.4, -0.2) is 47.2 Å². The molecule has 15 heavy (non-hydrogen) atoms. The van der Waals surface area contributed by atoms with Crippen molar-refractivity contribution in [2.24, 2.45) is 0 Å². The van der Waals surface area contributed by atoms with Crippen LogP contribution < -0.4 is 0 Å². The van der Waals surface area contributed by atoms with E-state index in [0.717, 1.165) is 12.2 Å². The molecule has 1 aliphatic heterocycles. The Morgan fingerprint density at radius 2 is 2.07 bits per heavy atom. The number of aliphatic carboxylic acids is 1. The Morgan fingerprint density at radius 3 is 2.67 bits per heavy atom. The van der Waals surface area contributed by atoms with E-state index < -0.39 is 5.97 Å². The van der Waals surface area contributed by atoms with Crippen LogP contribution in [0.5, 0.6) is 0 Å². The number of rotatable bonds is 2. The van der Waals surface area contributed by atoms with Crippen molar-refractivity contribution in [2.45, 2.75) is 26.0 Å². The fraction of sp³-hybridized carbons (Fsp3) is 0.600. The van der Waals surface area contributed by atoms with Gasteiger partial charge in [-0.1, -0.05) is 0 Å². The van der Waals surface area contributed by atoms with Gasteiger partial charge < -0.3 is 14.7 Å². The summed E-state index contributed by atoms with van der Waals surface area (Å²) in [6.07, 6.45) is 1.94. The first-order valence-corrected chi connectivity index (χ1v) is 4.84. The summed E-state index contributed by atoms with van der Waals surface area (Å²) >= 11 is 0. The number of morpholine rings is 1. The Hall–Kier alpha value is -1.36. The maximum absolute atomic E-state index is 11.6. The number of ether oxygens (including phenoxy) is 1. The summed E-state index contributed by atoms with van der Waals surface area (Å²) in [5.41, 5.74) is 0. The summed E-state index contributed by atoms with van der Waals surface area (Å²) in [6.45, 7) is 4.75. The molecule has 1 saturated heterocycles. The average Bonchev–Trinajstić information content (AvgIpc) is 2.18. The van der Waals surface area contributed by atoms with Crippen molar-refractivity contribution < 1.29 is 19.4 Å². The van der Waals surface area contributed by atoms with E-state index in [4.69, 9.17) is 9.84 Å². The largest absolute Gasteiger partial charge is 0.478 e. The number of hydrogen-bond donors (Lipinski definition) is 1. The molecule has 0 aliphatic carbocycles. The molecule has 1 aliphatic rings. The second-order valence-corrected chi connectivity index (χ2v) is 3.66. The maximum Gasteiger partial charge on any atom is 0.328 e. The van der Waals surface area contributed by atoms with E-state index >= 15 is 0 Å². The molecule has 1 fully saturated rings. The number of carbonyl (C=O) groups excluding carboxylic acids is 1. The molecule has 0 bridgehead atoms. The Bertz CT molecular complexity index is 287. The van der Waals surface area contributed by atoms with Crippen molar-refractivity contribution in [3.63, 3.8) is 0 Å². The van der Waals surface area contributed by atoms with Crippen LogP contribution in [0.25, 0.3) is 0 Å². The van der Waals surface area contributed by atoms with Gasteiger partial charge in [0.1, 0.15) is 0 Å². The lowest BCUT2D eigenvalue weighted by atomic mass is 10.2. The second kappa shape index (κ2) is 4.93. The van der Waals surface area contributed by atoms with Gasteiger partial charge in [0.15, 0.2) is 0 Å². The Kier molecular flexibility index (Phi) is 3.85. The number of nitrogens with zero attached hydrogens (tertiary/aromatic N) is 1. The van der Waals surface area contributed by atoms with Crippen molar-refractivity contribution in [1.29, 1.82) is 0 Å². The van der Waals surface area contributed by atoms with E-state index in [9.17, 15) is 9.59 Å². The third-order valence-electron chi connectivity index (χ3n) is 2.26. The summed E-state index contributed by atoms with van der Waals surface area (Å²) in [6, 6.07) is -0.00727. The molecule has 0 saturated carbocycles. The predicted octanol–water partition coefficient (Wildman–Crippen LogP) is 0.263. The van der Waals surface area contributed by atoms with Crippen LogP contribution in [0.15, 0.2) is 12.2 Å². The van der Waals surface area contributed by atoms with Gasteiger partial charge in [0, 0.05) is 18.7 Å². The first kappa shape index (κ1) is 11.7. The van der Waals surface area contributed by atoms with Gasteiger partial charge in [0.05, 0.1) is 18.8 Å². The topological polar surface area (TPSA) is 66.8 Å². The molecule has 2 unspecified atom stereocenters. The zero-order chi connectivity index (χ0) is 11.4. The highest BCUT2D eigenvalue weighted by Gasteiger charge is 2.25. The minimum atomic E-state index is -1.11. The molecule has 1 amide bonds. The molecule has 84 valence electrons. The molecule has 1 rings (SSSR count). The molecule has 5 heteroatoms. The zero-order valence-electron chi connectivity index (χ0n) is 8.84. The van der Waals surface area contributed by atoms with Gasteiger partial charge in [0.25, 0.3) is 0 Å². The molecular formula is C10H15NO4. The second-order valence-electron chi connectivity index (χ2n) is 3.66. The molecule has 2 atom stereocenters. The normalized spacial score (nSPS) is 26.9. The molecule has 1 heterocycles. The lowest BCUT2D eigenvalue weighted by Crippen LogP contribution is -2.49. The van der Waals surface area contributed by atoms with Crippen molar-refractivity contribution in [2.75, 3.05) is 13.2 Å². The van der Waals surface area contributed by atoms with E-state index in [-0.39, 0.29) is 18.1 Å². The zero-order valence-corrected chi connectivity index (χ0v) is 8.84. The van der Waals surface area contributed by atoms with Gasteiger partial charge in [-0.2, -0.15) is 0 Å². The SMILES string of the molecule is CC1CN(C(=O)/C=C/C(=O)O)C(C)CO1. The Morgan fingerprint density at radius 1 is 1.40 bits per heavy atom. The lowest BCUT2D eigenvalue weighted by molar-refractivity contribution is -0.138. The average molecular weight is 213 g/mol. The lowest BCUT2D eigenvalue weighted by Gasteiger charge is -2.36. The summed E-state index contributed by atoms with van der Waals surface area (Å²) in [7, 11) is 0. The minimum absolute atomic E-state index is 0.00313. The van der Waals surface area contributed by atoms with Crippen molar-refractivity contribution in [3.05, 3.63) is 12.2 Å². The molecule has 0 spiro atoms. The van der Waals surface area contributed by atoms with Crippen LogP contribution in [-0.2, 0) is 14.3 Å². The summed E-state index contributed by atoms with van der Waals surface area (Å²) < 4.78 is 5.36. The molecule has 1 N–H and O–H groups in total. The van der Waals surface area contributed by atoms with Gasteiger partial charge in [-0.3, -0.25) is 4.79 Å². The van der Waals surface area contributed by atoms with Gasteiger partial charge >= 0.3 is 5.97 Å². The van der Waals surface area contributed by atoms with Gasteiger partial charge in [-0.15, -0.1) is 0 Å².